The molecule has 0 aliphatic heterocycles. The lowest BCUT2D eigenvalue weighted by Crippen LogP contribution is -2.25. The summed E-state index contributed by atoms with van der Waals surface area (Å²) in [4.78, 5) is 31.7. The Bertz CT molecular complexity index is 1210. The number of rotatable bonds is 7. The molecule has 2 heterocycles. The van der Waals surface area contributed by atoms with Gasteiger partial charge < -0.3 is 14.3 Å². The number of hydrogen-bond donors (Lipinski definition) is 1. The van der Waals surface area contributed by atoms with Gasteiger partial charge in [-0.15, -0.1) is 0 Å². The van der Waals surface area contributed by atoms with Crippen LogP contribution < -0.4 is 5.32 Å². The average Bonchev–Trinajstić information content (AvgIpc) is 3.46. The third-order valence-corrected chi connectivity index (χ3v) is 4.73. The van der Waals surface area contributed by atoms with Crippen molar-refractivity contribution in [2.75, 3.05) is 6.54 Å². The molecule has 156 valence electrons. The van der Waals surface area contributed by atoms with Crippen LogP contribution in [0, 0.1) is 17.0 Å². The number of carbonyl (C=O) groups excluding carboxylic acids is 1. The summed E-state index contributed by atoms with van der Waals surface area (Å²) in [5.41, 5.74) is 3.10. The average molecular weight is 417 g/mol. The molecule has 9 heteroatoms. The van der Waals surface area contributed by atoms with Crippen molar-refractivity contribution in [1.82, 2.24) is 19.9 Å². The fraction of sp³-hybridized carbons (Fsp3) is 0.136. The van der Waals surface area contributed by atoms with Crippen molar-refractivity contribution in [2.24, 2.45) is 0 Å². The lowest BCUT2D eigenvalue weighted by Gasteiger charge is -2.07. The van der Waals surface area contributed by atoms with Crippen LogP contribution in [0.15, 0.2) is 71.9 Å². The zero-order valence-electron chi connectivity index (χ0n) is 16.7. The molecular weight excluding hydrogens is 398 g/mol. The Labute approximate surface area is 177 Å². The fourth-order valence-electron chi connectivity index (χ4n) is 3.09. The van der Waals surface area contributed by atoms with Crippen LogP contribution in [0.25, 0.3) is 17.1 Å². The van der Waals surface area contributed by atoms with E-state index in [1.807, 2.05) is 31.2 Å². The van der Waals surface area contributed by atoms with Crippen molar-refractivity contribution in [1.29, 1.82) is 0 Å². The Morgan fingerprint density at radius 2 is 2.03 bits per heavy atom. The van der Waals surface area contributed by atoms with Gasteiger partial charge in [-0.25, -0.2) is 9.97 Å². The number of carbonyl (C=O) groups is 1. The molecule has 0 aliphatic carbocycles. The second kappa shape index (κ2) is 8.62. The first-order valence-corrected chi connectivity index (χ1v) is 9.57. The number of amides is 1. The summed E-state index contributed by atoms with van der Waals surface area (Å²) in [7, 11) is 0. The minimum Gasteiger partial charge on any atom is -0.444 e. The van der Waals surface area contributed by atoms with E-state index in [1.165, 1.54) is 29.2 Å². The predicted octanol–water partition coefficient (Wildman–Crippen LogP) is 3.72. The number of benzene rings is 2. The molecule has 1 N–H and O–H groups in total. The number of aromatic nitrogens is 3. The summed E-state index contributed by atoms with van der Waals surface area (Å²) in [5, 5.41) is 14.2. The molecule has 0 spiro atoms. The summed E-state index contributed by atoms with van der Waals surface area (Å²) < 4.78 is 7.04. The Morgan fingerprint density at radius 1 is 1.23 bits per heavy atom. The number of nitrogens with one attached hydrogen (secondary N) is 1. The zero-order chi connectivity index (χ0) is 21.8. The van der Waals surface area contributed by atoms with E-state index in [0.717, 1.165) is 11.1 Å². The minimum atomic E-state index is -0.520. The number of aryl methyl sites for hydroxylation is 1. The first-order valence-electron chi connectivity index (χ1n) is 9.57. The molecule has 4 rings (SSSR count). The number of imidazole rings is 1. The van der Waals surface area contributed by atoms with Crippen LogP contribution in [0.4, 0.5) is 5.69 Å². The first-order chi connectivity index (χ1) is 15.0. The van der Waals surface area contributed by atoms with Crippen molar-refractivity contribution >= 4 is 11.6 Å². The summed E-state index contributed by atoms with van der Waals surface area (Å²) >= 11 is 0. The van der Waals surface area contributed by atoms with Crippen LogP contribution >= 0.6 is 0 Å². The molecule has 2 aromatic heterocycles. The topological polar surface area (TPSA) is 116 Å². The lowest BCUT2D eigenvalue weighted by atomic mass is 10.1. The molecule has 0 aliphatic rings. The van der Waals surface area contributed by atoms with Gasteiger partial charge in [-0.3, -0.25) is 14.9 Å². The highest BCUT2D eigenvalue weighted by molar-refractivity contribution is 5.95. The van der Waals surface area contributed by atoms with Crippen LogP contribution in [0.1, 0.15) is 21.6 Å². The van der Waals surface area contributed by atoms with E-state index in [1.54, 1.807) is 18.5 Å². The van der Waals surface area contributed by atoms with Crippen LogP contribution in [-0.4, -0.2) is 31.9 Å². The van der Waals surface area contributed by atoms with Gasteiger partial charge in [0.2, 0.25) is 5.89 Å². The third-order valence-electron chi connectivity index (χ3n) is 4.73. The van der Waals surface area contributed by atoms with Gasteiger partial charge in [0.05, 0.1) is 16.9 Å². The highest BCUT2D eigenvalue weighted by Gasteiger charge is 2.18. The summed E-state index contributed by atoms with van der Waals surface area (Å²) in [6.45, 7) is 2.32. The zero-order valence-corrected chi connectivity index (χ0v) is 16.7. The minimum absolute atomic E-state index is 0.176. The number of hydrogen-bond acceptors (Lipinski definition) is 6. The third kappa shape index (κ3) is 4.50. The molecule has 0 bridgehead atoms. The molecule has 0 saturated carbocycles. The Balaban J connectivity index is 1.40. The van der Waals surface area contributed by atoms with E-state index in [0.29, 0.717) is 30.2 Å². The molecular formula is C22H19N5O4. The van der Waals surface area contributed by atoms with Gasteiger partial charge in [-0.2, -0.15) is 0 Å². The molecule has 4 aromatic rings. The van der Waals surface area contributed by atoms with E-state index in [-0.39, 0.29) is 11.3 Å². The molecule has 9 nitrogen and oxygen atoms in total. The SMILES string of the molecule is Cc1ccc(-c2nc(CCNC(=O)c3ccc(-n4ccnc4)c([N+](=O)[O-])c3)co2)cc1. The molecule has 0 fully saturated rings. The molecule has 31 heavy (non-hydrogen) atoms. The Morgan fingerprint density at radius 3 is 2.74 bits per heavy atom. The van der Waals surface area contributed by atoms with Gasteiger partial charge in [0.15, 0.2) is 0 Å². The van der Waals surface area contributed by atoms with Crippen LogP contribution in [0.2, 0.25) is 0 Å². The van der Waals surface area contributed by atoms with Crippen molar-refractivity contribution in [3.05, 3.63) is 94.4 Å². The summed E-state index contributed by atoms with van der Waals surface area (Å²) in [6.07, 6.45) is 6.62. The second-order valence-electron chi connectivity index (χ2n) is 6.95. The Kier molecular flexibility index (Phi) is 5.57. The summed E-state index contributed by atoms with van der Waals surface area (Å²) in [6, 6.07) is 12.2. The predicted molar refractivity (Wildman–Crippen MR) is 113 cm³/mol. The van der Waals surface area contributed by atoms with E-state index in [9.17, 15) is 14.9 Å². The normalized spacial score (nSPS) is 10.7. The molecule has 2 aromatic carbocycles. The highest BCUT2D eigenvalue weighted by Crippen LogP contribution is 2.24. The van der Waals surface area contributed by atoms with Crippen molar-refractivity contribution in [3.63, 3.8) is 0 Å². The number of nitrogens with zero attached hydrogens (tertiary/aromatic N) is 4. The van der Waals surface area contributed by atoms with Gasteiger partial charge >= 0.3 is 0 Å². The van der Waals surface area contributed by atoms with Crippen molar-refractivity contribution < 1.29 is 14.1 Å². The first kappa shape index (κ1) is 20.0. The van der Waals surface area contributed by atoms with Crippen molar-refractivity contribution in [2.45, 2.75) is 13.3 Å². The van der Waals surface area contributed by atoms with Gasteiger partial charge in [0.25, 0.3) is 11.6 Å². The number of nitro benzene ring substituents is 1. The van der Waals surface area contributed by atoms with E-state index >= 15 is 0 Å². The quantitative estimate of drug-likeness (QED) is 0.362. The van der Waals surface area contributed by atoms with Gasteiger partial charge in [-0.05, 0) is 31.2 Å². The molecule has 0 unspecified atom stereocenters. The van der Waals surface area contributed by atoms with Gasteiger partial charge in [0, 0.05) is 42.6 Å². The van der Waals surface area contributed by atoms with E-state index in [4.69, 9.17) is 4.42 Å². The largest absolute Gasteiger partial charge is 0.444 e. The number of oxazole rings is 1. The van der Waals surface area contributed by atoms with E-state index < -0.39 is 10.8 Å². The Hall–Kier alpha value is -4.27. The smallest absolute Gasteiger partial charge is 0.294 e. The van der Waals surface area contributed by atoms with Crippen LogP contribution in [0.5, 0.6) is 0 Å². The highest BCUT2D eigenvalue weighted by atomic mass is 16.6. The second-order valence-corrected chi connectivity index (χ2v) is 6.95. The molecule has 0 saturated heterocycles. The van der Waals surface area contributed by atoms with Gasteiger partial charge in [-0.1, -0.05) is 17.7 Å². The van der Waals surface area contributed by atoms with Crippen LogP contribution in [-0.2, 0) is 6.42 Å². The molecule has 1 amide bonds. The van der Waals surface area contributed by atoms with Crippen LogP contribution in [0.3, 0.4) is 0 Å². The van der Waals surface area contributed by atoms with Gasteiger partial charge in [0.1, 0.15) is 12.0 Å². The molecule has 0 atom stereocenters. The van der Waals surface area contributed by atoms with Crippen molar-refractivity contribution in [3.8, 4) is 17.1 Å². The van der Waals surface area contributed by atoms with E-state index in [2.05, 4.69) is 15.3 Å². The maximum Gasteiger partial charge on any atom is 0.294 e. The maximum atomic E-state index is 12.5. The number of nitro groups is 1. The standard InChI is InChI=1S/C22H19N5O4/c1-15-2-4-16(5-3-15)22-25-18(13-31-22)8-9-24-21(28)17-6-7-19(20(12-17)27(29)30)26-11-10-23-14-26/h2-7,10-14H,8-9H2,1H3,(H,24,28). The fourth-order valence-corrected chi connectivity index (χ4v) is 3.09. The maximum absolute atomic E-state index is 12.5. The molecule has 0 radical (unpaired) electrons. The summed E-state index contributed by atoms with van der Waals surface area (Å²) in [5.74, 6) is 0.120. The lowest BCUT2D eigenvalue weighted by molar-refractivity contribution is -0.384. The monoisotopic (exact) mass is 417 g/mol.